The minimum absolute atomic E-state index is 0.105. The van der Waals surface area contributed by atoms with Crippen molar-refractivity contribution in [2.45, 2.75) is 11.8 Å². The van der Waals surface area contributed by atoms with Gasteiger partial charge in [0.2, 0.25) is 15.9 Å². The van der Waals surface area contributed by atoms with Crippen LogP contribution in [0.25, 0.3) is 0 Å². The Morgan fingerprint density at radius 1 is 1.20 bits per heavy atom. The average Bonchev–Trinajstić information content (AvgIpc) is 2.43. The van der Waals surface area contributed by atoms with E-state index in [4.69, 9.17) is 4.74 Å². The highest BCUT2D eigenvalue weighted by molar-refractivity contribution is 7.89. The summed E-state index contributed by atoms with van der Waals surface area (Å²) in [7, 11) is -1.95. The first-order valence-corrected chi connectivity index (χ1v) is 7.86. The van der Waals surface area contributed by atoms with Gasteiger partial charge in [0.05, 0.1) is 18.0 Å². The molecular weight excluding hydrogens is 280 g/mol. The number of sulfonamides is 1. The summed E-state index contributed by atoms with van der Waals surface area (Å²) in [4.78, 5) is 13.3. The molecule has 1 aliphatic rings. The zero-order chi connectivity index (χ0) is 14.8. The van der Waals surface area contributed by atoms with Crippen molar-refractivity contribution < 1.29 is 17.9 Å². The topological polar surface area (TPSA) is 66.9 Å². The number of piperazine rings is 1. The molecule has 1 aromatic carbocycles. The van der Waals surface area contributed by atoms with Crippen molar-refractivity contribution in [2.75, 3.05) is 33.3 Å². The van der Waals surface area contributed by atoms with Gasteiger partial charge in [0, 0.05) is 20.1 Å². The number of hydrogen-bond donors (Lipinski definition) is 0. The van der Waals surface area contributed by atoms with Gasteiger partial charge >= 0.3 is 0 Å². The zero-order valence-corrected chi connectivity index (χ0v) is 12.4. The predicted molar refractivity (Wildman–Crippen MR) is 74.0 cm³/mol. The van der Waals surface area contributed by atoms with Gasteiger partial charge in [-0.3, -0.25) is 4.79 Å². The van der Waals surface area contributed by atoms with Crippen molar-refractivity contribution in [1.29, 1.82) is 0 Å². The molecule has 0 radical (unpaired) electrons. The Bertz CT molecular complexity index is 583. The van der Waals surface area contributed by atoms with Crippen LogP contribution in [0.4, 0.5) is 0 Å². The Kier molecular flexibility index (Phi) is 4.29. The molecule has 0 aromatic heterocycles. The molecule has 6 nitrogen and oxygen atoms in total. The van der Waals surface area contributed by atoms with E-state index in [-0.39, 0.29) is 17.3 Å². The van der Waals surface area contributed by atoms with Crippen LogP contribution in [0.2, 0.25) is 0 Å². The molecule has 1 fully saturated rings. The molecule has 0 N–H and O–H groups in total. The molecule has 20 heavy (non-hydrogen) atoms. The molecule has 1 aromatic rings. The molecule has 0 atom stereocenters. The summed E-state index contributed by atoms with van der Waals surface area (Å²) in [6.45, 7) is 3.01. The maximum atomic E-state index is 12.4. The maximum absolute atomic E-state index is 12.4. The number of carbonyl (C=O) groups is 1. The lowest BCUT2D eigenvalue weighted by molar-refractivity contribution is -0.132. The fourth-order valence-electron chi connectivity index (χ4n) is 1.97. The quantitative estimate of drug-likeness (QED) is 0.814. The largest absolute Gasteiger partial charge is 0.494 e. The monoisotopic (exact) mass is 298 g/mol. The first-order valence-electron chi connectivity index (χ1n) is 6.42. The van der Waals surface area contributed by atoms with E-state index in [1.54, 1.807) is 19.2 Å². The van der Waals surface area contributed by atoms with Gasteiger partial charge in [-0.15, -0.1) is 0 Å². The summed E-state index contributed by atoms with van der Waals surface area (Å²) >= 11 is 0. The molecule has 0 saturated carbocycles. The lowest BCUT2D eigenvalue weighted by atomic mass is 10.3. The van der Waals surface area contributed by atoms with Crippen LogP contribution >= 0.6 is 0 Å². The van der Waals surface area contributed by atoms with Crippen LogP contribution in [0.3, 0.4) is 0 Å². The third-order valence-corrected chi connectivity index (χ3v) is 5.05. The lowest BCUT2D eigenvalue weighted by Gasteiger charge is -2.31. The van der Waals surface area contributed by atoms with Crippen LogP contribution in [0.5, 0.6) is 5.75 Å². The summed E-state index contributed by atoms with van der Waals surface area (Å²) in [6, 6.07) is 6.24. The second-order valence-corrected chi connectivity index (χ2v) is 6.50. The fraction of sp³-hybridized carbons (Fsp3) is 0.462. The molecule has 1 saturated heterocycles. The SMILES string of the molecule is CCOc1ccc(S(=O)(=O)N2CCN(C)C(=O)C2)cc1. The summed E-state index contributed by atoms with van der Waals surface area (Å²) in [5, 5.41) is 0. The molecule has 2 rings (SSSR count). The lowest BCUT2D eigenvalue weighted by Crippen LogP contribution is -2.50. The van der Waals surface area contributed by atoms with Crippen LogP contribution in [0.15, 0.2) is 29.2 Å². The zero-order valence-electron chi connectivity index (χ0n) is 11.6. The molecular formula is C13H18N2O4S. The number of benzene rings is 1. The van der Waals surface area contributed by atoms with Crippen LogP contribution in [0.1, 0.15) is 6.92 Å². The predicted octanol–water partition coefficient (Wildman–Crippen LogP) is 0.548. The minimum Gasteiger partial charge on any atom is -0.494 e. The van der Waals surface area contributed by atoms with Gasteiger partial charge in [0.15, 0.2) is 0 Å². The number of carbonyl (C=O) groups excluding carboxylic acids is 1. The number of hydrogen-bond acceptors (Lipinski definition) is 4. The minimum atomic E-state index is -3.62. The summed E-state index contributed by atoms with van der Waals surface area (Å²) in [5.41, 5.74) is 0. The van der Waals surface area contributed by atoms with Crippen LogP contribution in [-0.4, -0.2) is 56.8 Å². The van der Waals surface area contributed by atoms with Crippen molar-refractivity contribution in [2.24, 2.45) is 0 Å². The second-order valence-electron chi connectivity index (χ2n) is 4.56. The molecule has 110 valence electrons. The van der Waals surface area contributed by atoms with Gasteiger partial charge in [-0.05, 0) is 31.2 Å². The van der Waals surface area contributed by atoms with E-state index >= 15 is 0 Å². The number of nitrogens with zero attached hydrogens (tertiary/aromatic N) is 2. The highest BCUT2D eigenvalue weighted by atomic mass is 32.2. The van der Waals surface area contributed by atoms with Crippen molar-refractivity contribution in [3.05, 3.63) is 24.3 Å². The Labute approximate surface area is 119 Å². The first-order chi connectivity index (χ1) is 9.45. The standard InChI is InChI=1S/C13H18N2O4S/c1-3-19-11-4-6-12(7-5-11)20(17,18)15-9-8-14(2)13(16)10-15/h4-7H,3,8-10H2,1-2H3. The smallest absolute Gasteiger partial charge is 0.243 e. The van der Waals surface area contributed by atoms with E-state index in [0.717, 1.165) is 0 Å². The number of amides is 1. The van der Waals surface area contributed by atoms with Crippen molar-refractivity contribution in [1.82, 2.24) is 9.21 Å². The van der Waals surface area contributed by atoms with E-state index < -0.39 is 10.0 Å². The molecule has 1 aliphatic heterocycles. The summed E-state index contributed by atoms with van der Waals surface area (Å²) < 4.78 is 31.3. The third-order valence-electron chi connectivity index (χ3n) is 3.19. The second kappa shape index (κ2) is 5.80. The Morgan fingerprint density at radius 2 is 1.85 bits per heavy atom. The molecule has 1 amide bonds. The van der Waals surface area contributed by atoms with Crippen LogP contribution < -0.4 is 4.74 Å². The molecule has 0 bridgehead atoms. The van der Waals surface area contributed by atoms with Gasteiger partial charge in [0.25, 0.3) is 0 Å². The van der Waals surface area contributed by atoms with Crippen molar-refractivity contribution >= 4 is 15.9 Å². The highest BCUT2D eigenvalue weighted by Gasteiger charge is 2.31. The van der Waals surface area contributed by atoms with E-state index in [2.05, 4.69) is 0 Å². The molecule has 1 heterocycles. The van der Waals surface area contributed by atoms with Crippen molar-refractivity contribution in [3.8, 4) is 5.75 Å². The molecule has 0 aliphatic carbocycles. The summed E-state index contributed by atoms with van der Waals surface area (Å²) in [6.07, 6.45) is 0. The van der Waals surface area contributed by atoms with Gasteiger partial charge in [-0.1, -0.05) is 0 Å². The first kappa shape index (κ1) is 14.8. The van der Waals surface area contributed by atoms with Crippen LogP contribution in [0, 0.1) is 0 Å². The van der Waals surface area contributed by atoms with Gasteiger partial charge in [0.1, 0.15) is 5.75 Å². The Hall–Kier alpha value is -1.60. The molecule has 7 heteroatoms. The van der Waals surface area contributed by atoms with E-state index in [1.165, 1.54) is 21.3 Å². The van der Waals surface area contributed by atoms with E-state index in [0.29, 0.717) is 25.4 Å². The van der Waals surface area contributed by atoms with Gasteiger partial charge in [-0.2, -0.15) is 4.31 Å². The van der Waals surface area contributed by atoms with E-state index in [1.807, 2.05) is 6.92 Å². The normalized spacial score (nSPS) is 17.3. The van der Waals surface area contributed by atoms with Crippen LogP contribution in [-0.2, 0) is 14.8 Å². The van der Waals surface area contributed by atoms with Crippen molar-refractivity contribution in [3.63, 3.8) is 0 Å². The Morgan fingerprint density at radius 3 is 2.40 bits per heavy atom. The van der Waals surface area contributed by atoms with E-state index in [9.17, 15) is 13.2 Å². The third kappa shape index (κ3) is 2.94. The molecule has 0 spiro atoms. The average molecular weight is 298 g/mol. The van der Waals surface area contributed by atoms with Gasteiger partial charge in [-0.25, -0.2) is 8.42 Å². The highest BCUT2D eigenvalue weighted by Crippen LogP contribution is 2.20. The van der Waals surface area contributed by atoms with Gasteiger partial charge < -0.3 is 9.64 Å². The Balaban J connectivity index is 2.19. The molecule has 0 unspecified atom stereocenters. The number of likely N-dealkylation sites (N-methyl/N-ethyl adjacent to an activating group) is 1. The fourth-order valence-corrected chi connectivity index (χ4v) is 3.35. The number of rotatable bonds is 4. The maximum Gasteiger partial charge on any atom is 0.243 e. The number of ether oxygens (including phenoxy) is 1. The summed E-state index contributed by atoms with van der Waals surface area (Å²) in [5.74, 6) is 0.437.